The van der Waals surface area contributed by atoms with E-state index in [0.717, 1.165) is 0 Å². The summed E-state index contributed by atoms with van der Waals surface area (Å²) in [6, 6.07) is 3.10. The monoisotopic (exact) mass is 249 g/mol. The van der Waals surface area contributed by atoms with E-state index in [1.807, 2.05) is 0 Å². The fraction of sp³-hybridized carbons (Fsp3) is 0.375. The number of halogens is 1. The van der Waals surface area contributed by atoms with Crippen LogP contribution < -0.4 is 9.44 Å². The van der Waals surface area contributed by atoms with Crippen molar-refractivity contribution >= 4 is 27.5 Å². The number of aromatic nitrogens is 1. The number of hydrogen-bond donors (Lipinski definition) is 2. The molecule has 1 heterocycles. The highest BCUT2D eigenvalue weighted by Crippen LogP contribution is 2.16. The van der Waals surface area contributed by atoms with Crippen molar-refractivity contribution in [1.82, 2.24) is 9.71 Å². The molecule has 0 saturated carbocycles. The summed E-state index contributed by atoms with van der Waals surface area (Å²) in [7, 11) is -3.50. The topological polar surface area (TPSA) is 71.1 Å². The van der Waals surface area contributed by atoms with Crippen molar-refractivity contribution in [1.29, 1.82) is 0 Å². The van der Waals surface area contributed by atoms with Gasteiger partial charge in [-0.25, -0.2) is 4.98 Å². The van der Waals surface area contributed by atoms with Gasteiger partial charge in [-0.1, -0.05) is 18.5 Å². The van der Waals surface area contributed by atoms with Crippen LogP contribution in [0.25, 0.3) is 0 Å². The highest BCUT2D eigenvalue weighted by atomic mass is 35.5. The van der Waals surface area contributed by atoms with E-state index in [2.05, 4.69) is 14.4 Å². The number of rotatable bonds is 4. The summed E-state index contributed by atoms with van der Waals surface area (Å²) in [6.45, 7) is 3.71. The minimum atomic E-state index is -3.50. The zero-order chi connectivity index (χ0) is 11.5. The van der Waals surface area contributed by atoms with E-state index in [1.54, 1.807) is 19.9 Å². The van der Waals surface area contributed by atoms with E-state index in [0.29, 0.717) is 23.1 Å². The summed E-state index contributed by atoms with van der Waals surface area (Å²) in [5, 5.41) is 0.332. The van der Waals surface area contributed by atoms with Gasteiger partial charge in [0.1, 0.15) is 5.15 Å². The van der Waals surface area contributed by atoms with Crippen molar-refractivity contribution in [2.45, 2.75) is 13.8 Å². The number of hydrogen-bond acceptors (Lipinski definition) is 3. The molecule has 5 nitrogen and oxygen atoms in total. The average Bonchev–Trinajstić information content (AvgIpc) is 2.09. The van der Waals surface area contributed by atoms with Gasteiger partial charge in [0.25, 0.3) is 10.2 Å². The minimum Gasteiger partial charge on any atom is -0.269 e. The van der Waals surface area contributed by atoms with Gasteiger partial charge in [0.05, 0.1) is 11.4 Å². The molecule has 0 spiro atoms. The Hall–Kier alpha value is -0.850. The normalized spacial score (nSPS) is 11.4. The van der Waals surface area contributed by atoms with Gasteiger partial charge in [-0.15, -0.1) is 0 Å². The molecule has 0 amide bonds. The Balaban J connectivity index is 2.90. The number of aryl methyl sites for hydroxylation is 1. The van der Waals surface area contributed by atoms with Crippen LogP contribution in [0.2, 0.25) is 5.15 Å². The maximum Gasteiger partial charge on any atom is 0.299 e. The third-order valence-electron chi connectivity index (χ3n) is 1.63. The molecule has 0 fully saturated rings. The van der Waals surface area contributed by atoms with Gasteiger partial charge in [0, 0.05) is 6.54 Å². The van der Waals surface area contributed by atoms with Gasteiger partial charge < -0.3 is 0 Å². The fourth-order valence-corrected chi connectivity index (χ4v) is 2.16. The van der Waals surface area contributed by atoms with Gasteiger partial charge in [-0.2, -0.15) is 13.1 Å². The number of pyridine rings is 1. The smallest absolute Gasteiger partial charge is 0.269 e. The molecule has 1 aromatic rings. The zero-order valence-electron chi connectivity index (χ0n) is 8.41. The van der Waals surface area contributed by atoms with Gasteiger partial charge in [-0.3, -0.25) is 4.72 Å². The first kappa shape index (κ1) is 12.2. The molecule has 0 atom stereocenters. The molecule has 0 aliphatic carbocycles. The SMILES string of the molecule is CCNS(=O)(=O)Nc1ccc(Cl)nc1C. The first-order valence-corrected chi connectivity index (χ1v) is 6.21. The molecular weight excluding hydrogens is 238 g/mol. The molecule has 0 bridgehead atoms. The summed E-state index contributed by atoms with van der Waals surface area (Å²) in [5.74, 6) is 0. The second-order valence-electron chi connectivity index (χ2n) is 2.87. The Kier molecular flexibility index (Phi) is 3.90. The summed E-state index contributed by atoms with van der Waals surface area (Å²) < 4.78 is 27.4. The van der Waals surface area contributed by atoms with Crippen LogP contribution in [0.5, 0.6) is 0 Å². The number of anilines is 1. The molecule has 2 N–H and O–H groups in total. The fourth-order valence-electron chi connectivity index (χ4n) is 1.01. The summed E-state index contributed by atoms with van der Waals surface area (Å²) in [6.07, 6.45) is 0. The lowest BCUT2D eigenvalue weighted by Crippen LogP contribution is -2.30. The lowest BCUT2D eigenvalue weighted by atomic mass is 10.3. The van der Waals surface area contributed by atoms with Crippen molar-refractivity contribution in [3.8, 4) is 0 Å². The van der Waals surface area contributed by atoms with Gasteiger partial charge in [0.15, 0.2) is 0 Å². The Morgan fingerprint density at radius 2 is 2.13 bits per heavy atom. The molecule has 0 unspecified atom stereocenters. The van der Waals surface area contributed by atoms with Crippen molar-refractivity contribution in [2.24, 2.45) is 0 Å². The largest absolute Gasteiger partial charge is 0.299 e. The van der Waals surface area contributed by atoms with Crippen molar-refractivity contribution in [3.05, 3.63) is 23.0 Å². The molecule has 1 aromatic heterocycles. The van der Waals surface area contributed by atoms with Crippen LogP contribution in [0, 0.1) is 6.92 Å². The maximum absolute atomic E-state index is 11.4. The van der Waals surface area contributed by atoms with Gasteiger partial charge >= 0.3 is 0 Å². The zero-order valence-corrected chi connectivity index (χ0v) is 9.98. The molecule has 7 heteroatoms. The van der Waals surface area contributed by atoms with Crippen LogP contribution in [0.15, 0.2) is 12.1 Å². The van der Waals surface area contributed by atoms with Crippen LogP contribution in [-0.4, -0.2) is 19.9 Å². The Bertz CT molecular complexity index is 447. The Morgan fingerprint density at radius 1 is 1.47 bits per heavy atom. The quantitative estimate of drug-likeness (QED) is 0.791. The molecule has 1 rings (SSSR count). The van der Waals surface area contributed by atoms with Crippen LogP contribution in [0.1, 0.15) is 12.6 Å². The predicted octanol–water partition coefficient (Wildman–Crippen LogP) is 1.31. The van der Waals surface area contributed by atoms with E-state index in [4.69, 9.17) is 11.6 Å². The molecule has 84 valence electrons. The molecule has 0 radical (unpaired) electrons. The van der Waals surface area contributed by atoms with E-state index >= 15 is 0 Å². The minimum absolute atomic E-state index is 0.329. The van der Waals surface area contributed by atoms with E-state index < -0.39 is 10.2 Å². The van der Waals surface area contributed by atoms with Crippen molar-refractivity contribution in [2.75, 3.05) is 11.3 Å². The highest BCUT2D eigenvalue weighted by Gasteiger charge is 2.10. The summed E-state index contributed by atoms with van der Waals surface area (Å²) in [4.78, 5) is 3.93. The van der Waals surface area contributed by atoms with Crippen LogP contribution in [0.4, 0.5) is 5.69 Å². The number of nitrogens with one attached hydrogen (secondary N) is 2. The molecule has 0 aliphatic rings. The van der Waals surface area contributed by atoms with Crippen molar-refractivity contribution < 1.29 is 8.42 Å². The highest BCUT2D eigenvalue weighted by molar-refractivity contribution is 7.90. The third-order valence-corrected chi connectivity index (χ3v) is 3.00. The van der Waals surface area contributed by atoms with Crippen LogP contribution in [0.3, 0.4) is 0 Å². The molecule has 0 saturated heterocycles. The molecule has 15 heavy (non-hydrogen) atoms. The van der Waals surface area contributed by atoms with Crippen LogP contribution in [-0.2, 0) is 10.2 Å². The van der Waals surface area contributed by atoms with Gasteiger partial charge in [0.2, 0.25) is 0 Å². The van der Waals surface area contributed by atoms with E-state index in [9.17, 15) is 8.42 Å². The lowest BCUT2D eigenvalue weighted by Gasteiger charge is -2.09. The maximum atomic E-state index is 11.4. The van der Waals surface area contributed by atoms with Gasteiger partial charge in [-0.05, 0) is 19.1 Å². The Morgan fingerprint density at radius 3 is 2.67 bits per heavy atom. The average molecular weight is 250 g/mol. The molecular formula is C8H12ClN3O2S. The predicted molar refractivity (Wildman–Crippen MR) is 60.2 cm³/mol. The summed E-state index contributed by atoms with van der Waals surface area (Å²) in [5.41, 5.74) is 0.948. The first-order chi connectivity index (χ1) is 6.94. The molecule has 0 aliphatic heterocycles. The second-order valence-corrected chi connectivity index (χ2v) is 4.76. The Labute approximate surface area is 94.0 Å². The van der Waals surface area contributed by atoms with E-state index in [-0.39, 0.29) is 0 Å². The molecule has 0 aromatic carbocycles. The van der Waals surface area contributed by atoms with Crippen LogP contribution >= 0.6 is 11.6 Å². The summed E-state index contributed by atoms with van der Waals surface area (Å²) >= 11 is 5.65. The number of nitrogens with zero attached hydrogens (tertiary/aromatic N) is 1. The second kappa shape index (κ2) is 4.78. The standard InChI is InChI=1S/C8H12ClN3O2S/c1-3-10-15(13,14)12-7-4-5-8(9)11-6(7)2/h4-5,10,12H,3H2,1-2H3. The lowest BCUT2D eigenvalue weighted by molar-refractivity contribution is 0.589. The van der Waals surface area contributed by atoms with Crippen molar-refractivity contribution in [3.63, 3.8) is 0 Å². The first-order valence-electron chi connectivity index (χ1n) is 4.35. The third kappa shape index (κ3) is 3.65. The van der Waals surface area contributed by atoms with E-state index in [1.165, 1.54) is 6.07 Å².